The van der Waals surface area contributed by atoms with E-state index in [1.54, 1.807) is 6.26 Å². The Labute approximate surface area is 114 Å². The summed E-state index contributed by atoms with van der Waals surface area (Å²) in [6.45, 7) is 0. The topological polar surface area (TPSA) is 46.5 Å². The number of carbonyl (C=O) groups is 1. The van der Waals surface area contributed by atoms with Gasteiger partial charge in [-0.2, -0.15) is 0 Å². The first kappa shape index (κ1) is 14.0. The average Bonchev–Trinajstić information content (AvgIpc) is 2.31. The largest absolute Gasteiger partial charge is 0.478 e. The zero-order valence-electron chi connectivity index (χ0n) is 8.54. The molecule has 3 nitrogen and oxygen atoms in total. The summed E-state index contributed by atoms with van der Waals surface area (Å²) in [5.74, 6) is -0.994. The number of aromatic carboxylic acids is 1. The summed E-state index contributed by atoms with van der Waals surface area (Å²) in [5.41, 5.74) is 0.165. The average molecular weight is 289 g/mol. The van der Waals surface area contributed by atoms with Crippen LogP contribution >= 0.6 is 36.3 Å². The zero-order valence-corrected chi connectivity index (χ0v) is 11.0. The van der Waals surface area contributed by atoms with Gasteiger partial charge in [-0.1, -0.05) is 11.6 Å². The molecule has 2 rings (SSSR count). The molecular formula is C11H9ClO3S2. The monoisotopic (exact) mass is 288 g/mol. The summed E-state index contributed by atoms with van der Waals surface area (Å²) in [6, 6.07) is 4.44. The van der Waals surface area contributed by atoms with Gasteiger partial charge in [-0.05, 0) is 30.4 Å². The van der Waals surface area contributed by atoms with Crippen molar-refractivity contribution in [2.75, 3.05) is 0 Å². The zero-order chi connectivity index (χ0) is 12.7. The normalized spacial score (nSPS) is 12.4. The summed E-state index contributed by atoms with van der Waals surface area (Å²) in [5, 5.41) is 10.9. The molecule has 0 atom stereocenters. The molecule has 0 amide bonds. The molecule has 90 valence electrons. The maximum Gasteiger partial charge on any atom is 0.336 e. The van der Waals surface area contributed by atoms with Crippen molar-refractivity contribution in [1.29, 1.82) is 0 Å². The minimum Gasteiger partial charge on any atom is -0.478 e. The van der Waals surface area contributed by atoms with Crippen molar-refractivity contribution in [3.63, 3.8) is 0 Å². The van der Waals surface area contributed by atoms with Crippen LogP contribution in [0.2, 0.25) is 5.02 Å². The van der Waals surface area contributed by atoms with Crippen LogP contribution in [0.4, 0.5) is 0 Å². The Kier molecular flexibility index (Phi) is 6.04. The molecule has 1 heterocycles. The van der Waals surface area contributed by atoms with Crippen LogP contribution in [0.25, 0.3) is 0 Å². The van der Waals surface area contributed by atoms with Gasteiger partial charge in [0.05, 0.1) is 17.6 Å². The van der Waals surface area contributed by atoms with E-state index in [2.05, 4.69) is 12.6 Å². The van der Waals surface area contributed by atoms with Crippen LogP contribution in [0.5, 0.6) is 0 Å². The lowest BCUT2D eigenvalue weighted by molar-refractivity contribution is 0.0693. The van der Waals surface area contributed by atoms with Gasteiger partial charge < -0.3 is 9.29 Å². The van der Waals surface area contributed by atoms with Crippen molar-refractivity contribution in [2.24, 2.45) is 0 Å². The SMILES string of the molecule is C1=COSC=C1.O=C(O)c1ccc(Cl)cc1S. The Hall–Kier alpha value is -1.04. The fraction of sp³-hybridized carbons (Fsp3) is 0. The minimum atomic E-state index is -0.994. The smallest absolute Gasteiger partial charge is 0.336 e. The molecule has 0 aliphatic carbocycles. The first-order valence-electron chi connectivity index (χ1n) is 4.47. The number of hydrogen-bond donors (Lipinski definition) is 2. The molecule has 6 heteroatoms. The highest BCUT2D eigenvalue weighted by Gasteiger charge is 2.06. The minimum absolute atomic E-state index is 0.165. The quantitative estimate of drug-likeness (QED) is 0.605. The van der Waals surface area contributed by atoms with Crippen LogP contribution < -0.4 is 0 Å². The molecule has 1 N–H and O–H groups in total. The Balaban J connectivity index is 0.000000202. The molecule has 0 saturated carbocycles. The number of halogens is 1. The standard InChI is InChI=1S/C7H5ClO2S.C4H4OS/c8-4-1-2-5(7(9)10)6(11)3-4;1-2-4-6-5-3-1/h1-3,11H,(H,9,10);1-4H. The molecule has 0 radical (unpaired) electrons. The number of benzene rings is 1. The van der Waals surface area contributed by atoms with Gasteiger partial charge in [0.25, 0.3) is 0 Å². The molecular weight excluding hydrogens is 280 g/mol. The molecule has 0 unspecified atom stereocenters. The van der Waals surface area contributed by atoms with E-state index < -0.39 is 5.97 Å². The van der Waals surface area contributed by atoms with Gasteiger partial charge in [-0.3, -0.25) is 0 Å². The van der Waals surface area contributed by atoms with Crippen LogP contribution in [0, 0.1) is 0 Å². The van der Waals surface area contributed by atoms with E-state index in [9.17, 15) is 4.79 Å². The van der Waals surface area contributed by atoms with Crippen molar-refractivity contribution in [1.82, 2.24) is 0 Å². The summed E-state index contributed by atoms with van der Waals surface area (Å²) in [6.07, 6.45) is 5.41. The van der Waals surface area contributed by atoms with Crippen LogP contribution in [0.3, 0.4) is 0 Å². The second kappa shape index (κ2) is 7.32. The van der Waals surface area contributed by atoms with E-state index in [0.29, 0.717) is 9.92 Å². The third kappa shape index (κ3) is 5.21. The molecule has 0 saturated heterocycles. The third-order valence-electron chi connectivity index (χ3n) is 1.63. The van der Waals surface area contributed by atoms with Crippen LogP contribution in [0.15, 0.2) is 46.9 Å². The molecule has 1 aromatic rings. The van der Waals surface area contributed by atoms with Gasteiger partial charge in [0, 0.05) is 15.3 Å². The Morgan fingerprint density at radius 1 is 1.41 bits per heavy atom. The summed E-state index contributed by atoms with van der Waals surface area (Å²) in [4.78, 5) is 10.8. The van der Waals surface area contributed by atoms with E-state index in [-0.39, 0.29) is 5.56 Å². The number of carboxylic acid groups (broad SMARTS) is 1. The van der Waals surface area contributed by atoms with Crippen molar-refractivity contribution >= 4 is 42.2 Å². The highest BCUT2D eigenvalue weighted by atomic mass is 35.5. The lowest BCUT2D eigenvalue weighted by Crippen LogP contribution is -1.96. The summed E-state index contributed by atoms with van der Waals surface area (Å²) >= 11 is 10.8. The third-order valence-corrected chi connectivity index (χ3v) is 2.72. The molecule has 0 fully saturated rings. The highest BCUT2D eigenvalue weighted by Crippen LogP contribution is 2.18. The van der Waals surface area contributed by atoms with Crippen molar-refractivity contribution < 1.29 is 14.1 Å². The molecule has 0 aromatic heterocycles. The van der Waals surface area contributed by atoms with Crippen LogP contribution in [-0.2, 0) is 4.18 Å². The fourth-order valence-corrected chi connectivity index (χ4v) is 1.81. The molecule has 1 aliphatic heterocycles. The Morgan fingerprint density at radius 3 is 2.53 bits per heavy atom. The van der Waals surface area contributed by atoms with E-state index >= 15 is 0 Å². The first-order valence-corrected chi connectivity index (χ1v) is 6.10. The molecule has 0 spiro atoms. The maximum absolute atomic E-state index is 10.4. The van der Waals surface area contributed by atoms with Gasteiger partial charge in [-0.25, -0.2) is 4.79 Å². The molecule has 1 aromatic carbocycles. The number of thiol groups is 1. The Morgan fingerprint density at radius 2 is 2.18 bits per heavy atom. The van der Waals surface area contributed by atoms with Crippen LogP contribution in [-0.4, -0.2) is 11.1 Å². The molecule has 0 bridgehead atoms. The number of rotatable bonds is 1. The lowest BCUT2D eigenvalue weighted by atomic mass is 10.2. The second-order valence-electron chi connectivity index (χ2n) is 2.82. The van der Waals surface area contributed by atoms with Crippen molar-refractivity contribution in [2.45, 2.75) is 4.90 Å². The van der Waals surface area contributed by atoms with E-state index in [1.807, 2.05) is 17.6 Å². The second-order valence-corrected chi connectivity index (χ2v) is 4.39. The van der Waals surface area contributed by atoms with Crippen molar-refractivity contribution in [3.8, 4) is 0 Å². The lowest BCUT2D eigenvalue weighted by Gasteiger charge is -1.98. The molecule has 17 heavy (non-hydrogen) atoms. The maximum atomic E-state index is 10.4. The van der Waals surface area contributed by atoms with Gasteiger partial charge in [0.2, 0.25) is 0 Å². The van der Waals surface area contributed by atoms with E-state index in [0.717, 1.165) is 0 Å². The van der Waals surface area contributed by atoms with Gasteiger partial charge in [0.15, 0.2) is 0 Å². The number of carboxylic acids is 1. The molecule has 1 aliphatic rings. The van der Waals surface area contributed by atoms with Gasteiger partial charge in [-0.15, -0.1) is 12.6 Å². The number of allylic oxidation sites excluding steroid dienone is 2. The predicted octanol–water partition coefficient (Wildman–Crippen LogP) is 4.02. The summed E-state index contributed by atoms with van der Waals surface area (Å²) in [7, 11) is 0. The highest BCUT2D eigenvalue weighted by molar-refractivity contribution is 7.97. The fourth-order valence-electron chi connectivity index (χ4n) is 0.905. The first-order chi connectivity index (χ1) is 8.11. The van der Waals surface area contributed by atoms with E-state index in [1.165, 1.54) is 30.2 Å². The predicted molar refractivity (Wildman–Crippen MR) is 72.6 cm³/mol. The van der Waals surface area contributed by atoms with Crippen molar-refractivity contribution in [3.05, 3.63) is 52.6 Å². The number of hydrogen-bond acceptors (Lipinski definition) is 4. The van der Waals surface area contributed by atoms with Gasteiger partial charge >= 0.3 is 5.97 Å². The van der Waals surface area contributed by atoms with Crippen LogP contribution in [0.1, 0.15) is 10.4 Å². The summed E-state index contributed by atoms with van der Waals surface area (Å²) < 4.78 is 4.72. The van der Waals surface area contributed by atoms with Gasteiger partial charge in [0.1, 0.15) is 6.26 Å². The Bertz CT molecular complexity index is 446. The van der Waals surface area contributed by atoms with E-state index in [4.69, 9.17) is 20.9 Å².